The second kappa shape index (κ2) is 8.39. The van der Waals surface area contributed by atoms with E-state index < -0.39 is 24.5 Å². The molecule has 2 heterocycles. The predicted molar refractivity (Wildman–Crippen MR) is 92.9 cm³/mol. The fourth-order valence-electron chi connectivity index (χ4n) is 2.02. The van der Waals surface area contributed by atoms with Crippen molar-refractivity contribution in [1.29, 1.82) is 0 Å². The summed E-state index contributed by atoms with van der Waals surface area (Å²) in [5.74, 6) is -1.68. The summed E-state index contributed by atoms with van der Waals surface area (Å²) in [5, 5.41) is 2.99. The summed E-state index contributed by atoms with van der Waals surface area (Å²) in [5.41, 5.74) is 1.34. The molecule has 1 amide bonds. The minimum atomic E-state index is -0.646. The molecule has 0 saturated heterocycles. The lowest BCUT2D eigenvalue weighted by Crippen LogP contribution is -2.21. The number of nitrogens with zero attached hydrogens (tertiary/aromatic N) is 1. The van der Waals surface area contributed by atoms with E-state index in [-0.39, 0.29) is 12.2 Å². The third-order valence-electron chi connectivity index (χ3n) is 3.35. The second-order valence-electron chi connectivity index (χ2n) is 5.07. The highest BCUT2D eigenvalue weighted by molar-refractivity contribution is 7.16. The van der Waals surface area contributed by atoms with Crippen LogP contribution in [0.15, 0.2) is 24.5 Å². The van der Waals surface area contributed by atoms with E-state index in [9.17, 15) is 14.4 Å². The van der Waals surface area contributed by atoms with Crippen molar-refractivity contribution in [2.24, 2.45) is 0 Å². The van der Waals surface area contributed by atoms with Gasteiger partial charge in [-0.25, -0.2) is 9.59 Å². The Morgan fingerprint density at radius 2 is 1.96 bits per heavy atom. The zero-order chi connectivity index (χ0) is 18.4. The maximum Gasteiger partial charge on any atom is 0.341 e. The van der Waals surface area contributed by atoms with Crippen LogP contribution < -0.4 is 5.32 Å². The van der Waals surface area contributed by atoms with Crippen molar-refractivity contribution in [3.63, 3.8) is 0 Å². The Hall–Kier alpha value is -2.74. The summed E-state index contributed by atoms with van der Waals surface area (Å²) in [6.07, 6.45) is 2.88. The van der Waals surface area contributed by atoms with Crippen LogP contribution in [0.5, 0.6) is 0 Å². The molecule has 0 unspecified atom stereocenters. The van der Waals surface area contributed by atoms with Gasteiger partial charge in [-0.1, -0.05) is 0 Å². The molecule has 0 fully saturated rings. The van der Waals surface area contributed by atoms with Crippen LogP contribution in [0.2, 0.25) is 0 Å². The number of aryl methyl sites for hydroxylation is 1. The van der Waals surface area contributed by atoms with Crippen LogP contribution in [-0.2, 0) is 14.3 Å². The van der Waals surface area contributed by atoms with Gasteiger partial charge in [0, 0.05) is 17.3 Å². The highest BCUT2D eigenvalue weighted by atomic mass is 32.1. The number of amides is 1. The van der Waals surface area contributed by atoms with Gasteiger partial charge < -0.3 is 14.8 Å². The molecule has 2 aromatic heterocycles. The summed E-state index contributed by atoms with van der Waals surface area (Å²) in [4.78, 5) is 40.6. The number of ether oxygens (including phenoxy) is 2. The minimum Gasteiger partial charge on any atom is -0.462 e. The summed E-state index contributed by atoms with van der Waals surface area (Å²) in [7, 11) is 0. The van der Waals surface area contributed by atoms with Crippen LogP contribution in [0.3, 0.4) is 0 Å². The van der Waals surface area contributed by atoms with Crippen molar-refractivity contribution in [3.8, 4) is 0 Å². The van der Waals surface area contributed by atoms with Crippen molar-refractivity contribution in [2.45, 2.75) is 20.8 Å². The Morgan fingerprint density at radius 3 is 2.60 bits per heavy atom. The zero-order valence-corrected chi connectivity index (χ0v) is 14.9. The van der Waals surface area contributed by atoms with E-state index in [4.69, 9.17) is 9.47 Å². The van der Waals surface area contributed by atoms with E-state index in [1.54, 1.807) is 19.9 Å². The third kappa shape index (κ3) is 4.63. The van der Waals surface area contributed by atoms with E-state index in [1.165, 1.54) is 29.8 Å². The Bertz CT molecular complexity index is 786. The molecule has 2 aromatic rings. The fourth-order valence-corrected chi connectivity index (χ4v) is 3.09. The topological polar surface area (TPSA) is 94.6 Å². The molecule has 2 rings (SSSR count). The van der Waals surface area contributed by atoms with Gasteiger partial charge in [-0.3, -0.25) is 9.78 Å². The van der Waals surface area contributed by atoms with E-state index in [2.05, 4.69) is 10.3 Å². The molecule has 0 bridgehead atoms. The molecule has 1 N–H and O–H groups in total. The van der Waals surface area contributed by atoms with Crippen LogP contribution in [0, 0.1) is 13.8 Å². The summed E-state index contributed by atoms with van der Waals surface area (Å²) in [6, 6.07) is 3.14. The number of esters is 2. The third-order valence-corrected chi connectivity index (χ3v) is 4.47. The zero-order valence-electron chi connectivity index (χ0n) is 14.1. The van der Waals surface area contributed by atoms with Gasteiger partial charge >= 0.3 is 11.9 Å². The predicted octanol–water partition coefficient (Wildman–Crippen LogP) is 2.73. The lowest BCUT2D eigenvalue weighted by Gasteiger charge is -2.08. The Balaban J connectivity index is 2.02. The maximum atomic E-state index is 12.1. The quantitative estimate of drug-likeness (QED) is 0.794. The Kier molecular flexibility index (Phi) is 6.24. The first-order chi connectivity index (χ1) is 11.9. The van der Waals surface area contributed by atoms with Gasteiger partial charge in [0.1, 0.15) is 5.00 Å². The lowest BCUT2D eigenvalue weighted by atomic mass is 10.1. The van der Waals surface area contributed by atoms with Gasteiger partial charge in [0.05, 0.1) is 17.7 Å². The second-order valence-corrected chi connectivity index (χ2v) is 6.30. The van der Waals surface area contributed by atoms with Crippen LogP contribution >= 0.6 is 11.3 Å². The van der Waals surface area contributed by atoms with Crippen LogP contribution in [0.1, 0.15) is 38.1 Å². The molecule has 8 heteroatoms. The molecule has 0 saturated carbocycles. The standard InChI is InChI=1S/C17H18N2O5S/c1-4-23-17(22)14-10(2)11(3)25-15(14)19-13(20)9-24-16(21)12-6-5-7-18-8-12/h5-8H,4,9H2,1-3H3,(H,19,20). The number of rotatable bonds is 6. The molecule has 0 aliphatic heterocycles. The molecular formula is C17H18N2O5S. The van der Waals surface area contributed by atoms with Gasteiger partial charge in [0.15, 0.2) is 6.61 Å². The lowest BCUT2D eigenvalue weighted by molar-refractivity contribution is -0.119. The van der Waals surface area contributed by atoms with Crippen LogP contribution in [0.4, 0.5) is 5.00 Å². The first-order valence-corrected chi connectivity index (χ1v) is 8.39. The summed E-state index contributed by atoms with van der Waals surface area (Å²) >= 11 is 1.27. The molecular weight excluding hydrogens is 344 g/mol. The maximum absolute atomic E-state index is 12.1. The summed E-state index contributed by atoms with van der Waals surface area (Å²) < 4.78 is 9.97. The SMILES string of the molecule is CCOC(=O)c1c(NC(=O)COC(=O)c2cccnc2)sc(C)c1C. The smallest absolute Gasteiger partial charge is 0.341 e. The van der Waals surface area contributed by atoms with Crippen LogP contribution in [-0.4, -0.2) is 36.0 Å². The van der Waals surface area contributed by atoms with Crippen molar-refractivity contribution >= 4 is 34.2 Å². The first-order valence-electron chi connectivity index (χ1n) is 7.58. The fraction of sp³-hybridized carbons (Fsp3) is 0.294. The number of hydrogen-bond acceptors (Lipinski definition) is 7. The highest BCUT2D eigenvalue weighted by Crippen LogP contribution is 2.33. The number of pyridine rings is 1. The molecule has 0 aliphatic carbocycles. The number of anilines is 1. The van der Waals surface area contributed by atoms with E-state index >= 15 is 0 Å². The molecule has 0 atom stereocenters. The number of thiophene rings is 1. The van der Waals surface area contributed by atoms with E-state index in [0.717, 1.165) is 10.4 Å². The van der Waals surface area contributed by atoms with Crippen molar-refractivity contribution in [1.82, 2.24) is 4.98 Å². The Labute approximate surface area is 149 Å². The minimum absolute atomic E-state index is 0.239. The monoisotopic (exact) mass is 362 g/mol. The van der Waals surface area contributed by atoms with Crippen LogP contribution in [0.25, 0.3) is 0 Å². The number of nitrogens with one attached hydrogen (secondary N) is 1. The van der Waals surface area contributed by atoms with Gasteiger partial charge in [0.2, 0.25) is 0 Å². The molecule has 0 spiro atoms. The Morgan fingerprint density at radius 1 is 1.20 bits per heavy atom. The van der Waals surface area contributed by atoms with Gasteiger partial charge in [0.25, 0.3) is 5.91 Å². The molecule has 25 heavy (non-hydrogen) atoms. The highest BCUT2D eigenvalue weighted by Gasteiger charge is 2.22. The molecule has 7 nitrogen and oxygen atoms in total. The van der Waals surface area contributed by atoms with E-state index in [0.29, 0.717) is 10.6 Å². The number of aromatic nitrogens is 1. The number of carbonyl (C=O) groups excluding carboxylic acids is 3. The molecule has 132 valence electrons. The molecule has 0 aromatic carbocycles. The average Bonchev–Trinajstić information content (AvgIpc) is 2.87. The van der Waals surface area contributed by atoms with E-state index in [1.807, 2.05) is 6.92 Å². The molecule has 0 radical (unpaired) electrons. The molecule has 0 aliphatic rings. The van der Waals surface area contributed by atoms with Crippen molar-refractivity contribution < 1.29 is 23.9 Å². The van der Waals surface area contributed by atoms with Gasteiger partial charge in [-0.15, -0.1) is 11.3 Å². The number of hydrogen-bond donors (Lipinski definition) is 1. The summed E-state index contributed by atoms with van der Waals surface area (Å²) in [6.45, 7) is 5.12. The largest absolute Gasteiger partial charge is 0.462 e. The normalized spacial score (nSPS) is 10.2. The van der Waals surface area contributed by atoms with Crippen molar-refractivity contribution in [2.75, 3.05) is 18.5 Å². The average molecular weight is 362 g/mol. The number of carbonyl (C=O) groups is 3. The van der Waals surface area contributed by atoms with Crippen molar-refractivity contribution in [3.05, 3.63) is 46.1 Å². The van der Waals surface area contributed by atoms with Gasteiger partial charge in [-0.2, -0.15) is 0 Å². The first kappa shape index (κ1) is 18.6. The van der Waals surface area contributed by atoms with Gasteiger partial charge in [-0.05, 0) is 38.5 Å².